The highest BCUT2D eigenvalue weighted by Gasteiger charge is 2.32. The molecule has 2 aromatic heterocycles. The Morgan fingerprint density at radius 3 is 2.61 bits per heavy atom. The highest BCUT2D eigenvalue weighted by molar-refractivity contribution is 6.30. The van der Waals surface area contributed by atoms with Crippen LogP contribution in [0.25, 0.3) is 16.7 Å². The van der Waals surface area contributed by atoms with E-state index in [9.17, 15) is 4.79 Å². The van der Waals surface area contributed by atoms with Crippen molar-refractivity contribution in [1.29, 1.82) is 0 Å². The number of carbonyl (C=O) groups excluding carboxylic acids is 1. The number of carbonyl (C=O) groups is 1. The number of benzene rings is 1. The highest BCUT2D eigenvalue weighted by Crippen LogP contribution is 2.32. The average molecular weight is 469 g/mol. The molecule has 8 nitrogen and oxygen atoms in total. The molecule has 174 valence electrons. The van der Waals surface area contributed by atoms with Gasteiger partial charge in [-0.3, -0.25) is 4.79 Å². The molecule has 1 aromatic carbocycles. The molecule has 2 aliphatic rings. The molecule has 33 heavy (non-hydrogen) atoms. The molecular formula is C24H29ClN6O2. The maximum absolute atomic E-state index is 12.1. The molecule has 0 bridgehead atoms. The summed E-state index contributed by atoms with van der Waals surface area (Å²) in [6.07, 6.45) is 5.97. The summed E-state index contributed by atoms with van der Waals surface area (Å²) in [7, 11) is 1.64. The predicted molar refractivity (Wildman–Crippen MR) is 128 cm³/mol. The summed E-state index contributed by atoms with van der Waals surface area (Å²) in [4.78, 5) is 21.6. The molecule has 2 fully saturated rings. The molecule has 0 radical (unpaired) electrons. The van der Waals surface area contributed by atoms with E-state index in [0.29, 0.717) is 17.5 Å². The van der Waals surface area contributed by atoms with Gasteiger partial charge < -0.3 is 15.4 Å². The topological polar surface area (TPSA) is 94.0 Å². The Hall–Kier alpha value is -2.71. The predicted octanol–water partition coefficient (Wildman–Crippen LogP) is 4.17. The fourth-order valence-electron chi connectivity index (χ4n) is 4.55. The molecule has 0 saturated heterocycles. The highest BCUT2D eigenvalue weighted by atomic mass is 35.5. The lowest BCUT2D eigenvalue weighted by Crippen LogP contribution is -2.40. The maximum atomic E-state index is 12.1. The van der Waals surface area contributed by atoms with E-state index in [-0.39, 0.29) is 23.9 Å². The molecule has 2 N–H and O–H groups in total. The van der Waals surface area contributed by atoms with Gasteiger partial charge in [0.1, 0.15) is 12.4 Å². The number of nitrogens with zero attached hydrogens (tertiary/aromatic N) is 4. The van der Waals surface area contributed by atoms with Crippen LogP contribution in [0.2, 0.25) is 5.02 Å². The summed E-state index contributed by atoms with van der Waals surface area (Å²) >= 11 is 6.23. The van der Waals surface area contributed by atoms with Crippen molar-refractivity contribution in [2.45, 2.75) is 64.1 Å². The van der Waals surface area contributed by atoms with Crippen molar-refractivity contribution < 1.29 is 9.53 Å². The Morgan fingerprint density at radius 1 is 1.15 bits per heavy atom. The van der Waals surface area contributed by atoms with Gasteiger partial charge in [0.15, 0.2) is 11.5 Å². The summed E-state index contributed by atoms with van der Waals surface area (Å²) in [5, 5.41) is 13.2. The van der Waals surface area contributed by atoms with Crippen LogP contribution < -0.4 is 10.6 Å². The normalized spacial score (nSPS) is 20.7. The average Bonchev–Trinajstić information content (AvgIpc) is 3.59. The minimum Gasteiger partial charge on any atom is -0.377 e. The van der Waals surface area contributed by atoms with Gasteiger partial charge in [0.25, 0.3) is 0 Å². The lowest BCUT2D eigenvalue weighted by atomic mass is 9.91. The number of aromatic nitrogens is 4. The third-order valence-electron chi connectivity index (χ3n) is 6.44. The van der Waals surface area contributed by atoms with Crippen molar-refractivity contribution in [1.82, 2.24) is 25.1 Å². The molecule has 2 aliphatic carbocycles. The molecule has 0 aliphatic heterocycles. The zero-order valence-corrected chi connectivity index (χ0v) is 19.7. The van der Waals surface area contributed by atoms with Gasteiger partial charge in [-0.15, -0.1) is 0 Å². The first-order chi connectivity index (χ1) is 16.0. The fourth-order valence-corrected chi connectivity index (χ4v) is 4.74. The van der Waals surface area contributed by atoms with Gasteiger partial charge in [-0.1, -0.05) is 17.7 Å². The molecule has 1 amide bonds. The van der Waals surface area contributed by atoms with E-state index in [0.717, 1.165) is 66.8 Å². The second kappa shape index (κ2) is 9.27. The Kier molecular flexibility index (Phi) is 6.21. The van der Waals surface area contributed by atoms with E-state index in [1.807, 2.05) is 35.9 Å². The van der Waals surface area contributed by atoms with Gasteiger partial charge in [-0.2, -0.15) is 5.10 Å². The van der Waals surface area contributed by atoms with Crippen molar-refractivity contribution >= 4 is 34.4 Å². The fraction of sp³-hybridized carbons (Fsp3) is 0.500. The van der Waals surface area contributed by atoms with E-state index < -0.39 is 0 Å². The van der Waals surface area contributed by atoms with E-state index in [1.54, 1.807) is 7.11 Å². The SMILES string of the molecule is COCc1nc(NC2CCC(NC(=O)C3CC3)CC2)c2c(C)nn(-c3cccc(Cl)c3)c2n1. The van der Waals surface area contributed by atoms with Crippen molar-refractivity contribution in [3.63, 3.8) is 0 Å². The zero-order valence-electron chi connectivity index (χ0n) is 19.0. The smallest absolute Gasteiger partial charge is 0.223 e. The Balaban J connectivity index is 1.40. The quantitative estimate of drug-likeness (QED) is 0.540. The number of anilines is 1. The third kappa shape index (κ3) is 4.82. The lowest BCUT2D eigenvalue weighted by Gasteiger charge is -2.30. The lowest BCUT2D eigenvalue weighted by molar-refractivity contribution is -0.123. The molecule has 0 spiro atoms. The molecule has 0 unspecified atom stereocenters. The molecule has 2 heterocycles. The summed E-state index contributed by atoms with van der Waals surface area (Å²) in [6, 6.07) is 8.12. The van der Waals surface area contributed by atoms with Gasteiger partial charge in [-0.25, -0.2) is 14.6 Å². The second-order valence-electron chi connectivity index (χ2n) is 9.07. The van der Waals surface area contributed by atoms with Crippen LogP contribution in [-0.4, -0.2) is 44.8 Å². The number of fused-ring (bicyclic) bond motifs is 1. The van der Waals surface area contributed by atoms with Crippen molar-refractivity contribution in [2.24, 2.45) is 5.92 Å². The van der Waals surface area contributed by atoms with Crippen LogP contribution in [0.3, 0.4) is 0 Å². The molecule has 2 saturated carbocycles. The third-order valence-corrected chi connectivity index (χ3v) is 6.67. The van der Waals surface area contributed by atoms with E-state index in [1.165, 1.54) is 0 Å². The van der Waals surface area contributed by atoms with Crippen LogP contribution >= 0.6 is 11.6 Å². The monoisotopic (exact) mass is 468 g/mol. The number of halogens is 1. The van der Waals surface area contributed by atoms with Crippen LogP contribution in [-0.2, 0) is 16.1 Å². The number of rotatable bonds is 7. The van der Waals surface area contributed by atoms with Gasteiger partial charge in [-0.05, 0) is 63.6 Å². The zero-order chi connectivity index (χ0) is 22.9. The standard InChI is InChI=1S/C24H29ClN6O2/c1-14-21-22(26-17-8-10-18(11-9-17)27-24(32)15-6-7-15)28-20(13-33-2)29-23(21)31(30-14)19-5-3-4-16(25)12-19/h3-5,12,15,17-18H,6-11,13H2,1-2H3,(H,27,32)(H,26,28,29). The van der Waals surface area contributed by atoms with Gasteiger partial charge >= 0.3 is 0 Å². The first-order valence-corrected chi connectivity index (χ1v) is 12.0. The number of nitrogens with one attached hydrogen (secondary N) is 2. The minimum atomic E-state index is 0.233. The minimum absolute atomic E-state index is 0.233. The Morgan fingerprint density at radius 2 is 1.91 bits per heavy atom. The summed E-state index contributed by atoms with van der Waals surface area (Å²) in [5.74, 6) is 1.87. The van der Waals surface area contributed by atoms with Crippen LogP contribution in [0.1, 0.15) is 50.0 Å². The molecular weight excluding hydrogens is 440 g/mol. The van der Waals surface area contributed by atoms with Crippen LogP contribution in [0.4, 0.5) is 5.82 Å². The first-order valence-electron chi connectivity index (χ1n) is 11.6. The first kappa shape index (κ1) is 22.1. The largest absolute Gasteiger partial charge is 0.377 e. The molecule has 3 aromatic rings. The van der Waals surface area contributed by atoms with Crippen molar-refractivity contribution in [2.75, 3.05) is 12.4 Å². The van der Waals surface area contributed by atoms with Crippen molar-refractivity contribution in [3.05, 3.63) is 40.8 Å². The van der Waals surface area contributed by atoms with E-state index in [4.69, 9.17) is 31.4 Å². The van der Waals surface area contributed by atoms with Crippen LogP contribution in [0, 0.1) is 12.8 Å². The van der Waals surface area contributed by atoms with E-state index >= 15 is 0 Å². The molecule has 9 heteroatoms. The molecule has 5 rings (SSSR count). The van der Waals surface area contributed by atoms with Gasteiger partial charge in [0, 0.05) is 30.1 Å². The van der Waals surface area contributed by atoms with Gasteiger partial charge in [0.2, 0.25) is 5.91 Å². The Bertz CT molecular complexity index is 1170. The summed E-state index contributed by atoms with van der Waals surface area (Å²) < 4.78 is 7.14. The number of ether oxygens (including phenoxy) is 1. The maximum Gasteiger partial charge on any atom is 0.223 e. The molecule has 0 atom stereocenters. The summed E-state index contributed by atoms with van der Waals surface area (Å²) in [5.41, 5.74) is 2.42. The summed E-state index contributed by atoms with van der Waals surface area (Å²) in [6.45, 7) is 2.28. The second-order valence-corrected chi connectivity index (χ2v) is 9.51. The number of amides is 1. The Labute approximate surface area is 198 Å². The number of aryl methyl sites for hydroxylation is 1. The number of hydrogen-bond donors (Lipinski definition) is 2. The van der Waals surface area contributed by atoms with Gasteiger partial charge in [0.05, 0.1) is 16.8 Å². The number of hydrogen-bond acceptors (Lipinski definition) is 6. The van der Waals surface area contributed by atoms with E-state index in [2.05, 4.69) is 10.6 Å². The van der Waals surface area contributed by atoms with Crippen LogP contribution in [0.15, 0.2) is 24.3 Å². The van der Waals surface area contributed by atoms with Crippen molar-refractivity contribution in [3.8, 4) is 5.69 Å². The van der Waals surface area contributed by atoms with Crippen LogP contribution in [0.5, 0.6) is 0 Å². The number of methoxy groups -OCH3 is 1.